The second-order valence-corrected chi connectivity index (χ2v) is 7.31. The molecule has 0 spiro atoms. The maximum atomic E-state index is 13.1. The fraction of sp³-hybridized carbons (Fsp3) is 0. The fourth-order valence-corrected chi connectivity index (χ4v) is 4.19. The zero-order valence-corrected chi connectivity index (χ0v) is 15.7. The zero-order valence-electron chi connectivity index (χ0n) is 14.9. The molecule has 0 bridgehead atoms. The molecular weight excluding hydrogens is 410 g/mol. The third-order valence-corrected chi connectivity index (χ3v) is 5.57. The first kappa shape index (κ1) is 17.8. The highest BCUT2D eigenvalue weighted by molar-refractivity contribution is 7.19. The molecule has 11 heteroatoms. The minimum absolute atomic E-state index is 0.0313. The molecule has 0 atom stereocenters. The molecule has 1 aliphatic rings. The smallest absolute Gasteiger partial charge is 0.267 e. The van der Waals surface area contributed by atoms with E-state index in [0.717, 1.165) is 22.3 Å². The van der Waals surface area contributed by atoms with Gasteiger partial charge < -0.3 is 0 Å². The van der Waals surface area contributed by atoms with Gasteiger partial charge in [-0.2, -0.15) is 14.6 Å². The van der Waals surface area contributed by atoms with Gasteiger partial charge in [-0.05, 0) is 6.07 Å². The minimum atomic E-state index is -0.696. The van der Waals surface area contributed by atoms with Crippen molar-refractivity contribution in [3.8, 4) is 11.3 Å². The van der Waals surface area contributed by atoms with Crippen molar-refractivity contribution in [2.75, 3.05) is 4.90 Å². The van der Waals surface area contributed by atoms with Crippen LogP contribution in [-0.4, -0.2) is 31.3 Å². The van der Waals surface area contributed by atoms with Crippen LogP contribution in [0, 0.1) is 10.1 Å². The van der Waals surface area contributed by atoms with E-state index in [2.05, 4.69) is 10.1 Å². The lowest BCUT2D eigenvalue weighted by Gasteiger charge is -2.13. The number of aromatic nitrogens is 3. The van der Waals surface area contributed by atoms with Crippen LogP contribution in [0.3, 0.4) is 0 Å². The Bertz CT molecular complexity index is 1440. The van der Waals surface area contributed by atoms with Crippen molar-refractivity contribution in [2.45, 2.75) is 0 Å². The van der Waals surface area contributed by atoms with Gasteiger partial charge in [-0.25, -0.2) is 4.90 Å². The molecule has 3 heterocycles. The third-order valence-electron chi connectivity index (χ3n) is 4.55. The maximum absolute atomic E-state index is 13.1. The van der Waals surface area contributed by atoms with Gasteiger partial charge in [-0.3, -0.25) is 24.5 Å². The lowest BCUT2D eigenvalue weighted by atomic mass is 10.2. The van der Waals surface area contributed by atoms with E-state index in [9.17, 15) is 24.5 Å². The number of hydrogen-bond acceptors (Lipinski definition) is 8. The fourth-order valence-electron chi connectivity index (χ4n) is 3.21. The molecule has 1 aliphatic heterocycles. The Morgan fingerprint density at radius 3 is 2.47 bits per heavy atom. The van der Waals surface area contributed by atoms with Crippen molar-refractivity contribution in [2.24, 2.45) is 0 Å². The largest absolute Gasteiger partial charge is 0.300 e. The highest BCUT2D eigenvalue weighted by Crippen LogP contribution is 2.34. The van der Waals surface area contributed by atoms with Crippen LogP contribution >= 0.6 is 11.3 Å². The summed E-state index contributed by atoms with van der Waals surface area (Å²) in [6.45, 7) is 0. The number of carbonyl (C=O) groups is 2. The molecule has 0 fully saturated rings. The molecule has 146 valence electrons. The summed E-state index contributed by atoms with van der Waals surface area (Å²) in [5.41, 5.74) is -0.205. The lowest BCUT2D eigenvalue weighted by Crippen LogP contribution is -2.30. The van der Waals surface area contributed by atoms with Crippen LogP contribution < -0.4 is 10.5 Å². The molecule has 10 nitrogen and oxygen atoms in total. The van der Waals surface area contributed by atoms with E-state index >= 15 is 0 Å². The molecule has 4 aromatic rings. The minimum Gasteiger partial charge on any atom is -0.267 e. The number of nitrogens with zero attached hydrogens (tertiary/aromatic N) is 5. The van der Waals surface area contributed by atoms with Gasteiger partial charge in [-0.1, -0.05) is 47.7 Å². The van der Waals surface area contributed by atoms with Crippen LogP contribution in [0.1, 0.15) is 20.2 Å². The van der Waals surface area contributed by atoms with Gasteiger partial charge in [0.15, 0.2) is 11.4 Å². The maximum Gasteiger partial charge on any atom is 0.300 e. The second kappa shape index (κ2) is 6.39. The average Bonchev–Trinajstić information content (AvgIpc) is 3.23. The topological polar surface area (TPSA) is 128 Å². The number of nitro groups is 1. The first-order valence-corrected chi connectivity index (χ1v) is 9.40. The summed E-state index contributed by atoms with van der Waals surface area (Å²) in [4.78, 5) is 53.8. The van der Waals surface area contributed by atoms with Crippen LogP contribution in [-0.2, 0) is 0 Å². The number of benzene rings is 2. The summed E-state index contributed by atoms with van der Waals surface area (Å²) in [5.74, 6) is -1.35. The predicted octanol–water partition coefficient (Wildman–Crippen LogP) is 2.53. The molecule has 0 saturated carbocycles. The van der Waals surface area contributed by atoms with Gasteiger partial charge in [0.05, 0.1) is 10.6 Å². The molecular formula is C19H9N5O5S. The summed E-state index contributed by atoms with van der Waals surface area (Å²) in [5, 5.41) is 15.3. The van der Waals surface area contributed by atoms with Gasteiger partial charge in [0.2, 0.25) is 4.96 Å². The number of carbonyl (C=O) groups excluding carboxylic acids is 2. The number of nitro benzene ring substituents is 1. The summed E-state index contributed by atoms with van der Waals surface area (Å²) < 4.78 is 1.18. The van der Waals surface area contributed by atoms with Crippen molar-refractivity contribution >= 4 is 39.5 Å². The predicted molar refractivity (Wildman–Crippen MR) is 107 cm³/mol. The van der Waals surface area contributed by atoms with Crippen LogP contribution in [0.4, 0.5) is 11.4 Å². The van der Waals surface area contributed by atoms with Crippen LogP contribution in [0.15, 0.2) is 59.4 Å². The number of thiazole rings is 1. The highest BCUT2D eigenvalue weighted by atomic mass is 32.1. The Balaban J connectivity index is 1.67. The van der Waals surface area contributed by atoms with E-state index < -0.39 is 22.3 Å². The van der Waals surface area contributed by atoms with E-state index in [4.69, 9.17) is 0 Å². The Morgan fingerprint density at radius 1 is 0.967 bits per heavy atom. The average molecular weight is 419 g/mol. The quantitative estimate of drug-likeness (QED) is 0.283. The summed E-state index contributed by atoms with van der Waals surface area (Å²) in [6, 6.07) is 13.9. The van der Waals surface area contributed by atoms with Gasteiger partial charge in [0, 0.05) is 17.7 Å². The van der Waals surface area contributed by atoms with E-state index in [1.54, 1.807) is 30.3 Å². The first-order valence-electron chi connectivity index (χ1n) is 8.58. The number of imide groups is 1. The van der Waals surface area contributed by atoms with E-state index in [0.29, 0.717) is 5.56 Å². The Kier molecular flexibility index (Phi) is 3.79. The lowest BCUT2D eigenvalue weighted by molar-refractivity contribution is -0.384. The number of anilines is 1. The Morgan fingerprint density at radius 2 is 1.73 bits per heavy atom. The Labute approximate surface area is 170 Å². The number of amides is 2. The van der Waals surface area contributed by atoms with E-state index in [1.165, 1.54) is 22.7 Å². The standard InChI is InChI=1S/C19H9N5O5S/c25-16-13(10-5-2-1-3-6-10)21-23-14-15(30-19(23)20-16)18(27)22(17(14)26)11-7-4-8-12(9-11)24(28)29/h1-9H. The van der Waals surface area contributed by atoms with Crippen molar-refractivity contribution in [1.82, 2.24) is 14.6 Å². The van der Waals surface area contributed by atoms with Crippen molar-refractivity contribution in [3.05, 3.63) is 85.6 Å². The number of hydrogen-bond donors (Lipinski definition) is 0. The second-order valence-electron chi connectivity index (χ2n) is 6.33. The van der Waals surface area contributed by atoms with Crippen LogP contribution in [0.5, 0.6) is 0 Å². The number of rotatable bonds is 3. The van der Waals surface area contributed by atoms with E-state index in [-0.39, 0.29) is 32.6 Å². The molecule has 2 amide bonds. The molecule has 0 N–H and O–H groups in total. The van der Waals surface area contributed by atoms with Crippen molar-refractivity contribution in [1.29, 1.82) is 0 Å². The number of fused-ring (bicyclic) bond motifs is 3. The third kappa shape index (κ3) is 2.53. The monoisotopic (exact) mass is 419 g/mol. The molecule has 0 unspecified atom stereocenters. The molecule has 0 saturated heterocycles. The summed E-state index contributed by atoms with van der Waals surface area (Å²) >= 11 is 0.869. The van der Waals surface area contributed by atoms with Gasteiger partial charge in [0.25, 0.3) is 17.5 Å². The molecule has 0 radical (unpaired) electrons. The normalized spacial score (nSPS) is 13.1. The molecule has 5 rings (SSSR count). The first-order chi connectivity index (χ1) is 14.5. The SMILES string of the molecule is O=C1c2sc3nc(=O)c(-c4ccccc4)nn3c2C(=O)N1c1cccc([N+](=O)[O-])c1. The van der Waals surface area contributed by atoms with Gasteiger partial charge >= 0.3 is 5.56 Å². The summed E-state index contributed by atoms with van der Waals surface area (Å²) in [7, 11) is 0. The molecule has 30 heavy (non-hydrogen) atoms. The van der Waals surface area contributed by atoms with Crippen molar-refractivity contribution < 1.29 is 14.5 Å². The Hall–Kier alpha value is -4.25. The molecule has 2 aromatic carbocycles. The van der Waals surface area contributed by atoms with Crippen LogP contribution in [0.2, 0.25) is 0 Å². The van der Waals surface area contributed by atoms with E-state index in [1.807, 2.05) is 0 Å². The molecule has 2 aromatic heterocycles. The van der Waals surface area contributed by atoms with Gasteiger partial charge in [0.1, 0.15) is 4.88 Å². The highest BCUT2D eigenvalue weighted by Gasteiger charge is 2.42. The summed E-state index contributed by atoms with van der Waals surface area (Å²) in [6.07, 6.45) is 0. The van der Waals surface area contributed by atoms with Crippen LogP contribution in [0.25, 0.3) is 16.2 Å². The number of non-ortho nitro benzene ring substituents is 1. The van der Waals surface area contributed by atoms with Crippen molar-refractivity contribution in [3.63, 3.8) is 0 Å². The molecule has 0 aliphatic carbocycles. The zero-order chi connectivity index (χ0) is 21.0. The van der Waals surface area contributed by atoms with Gasteiger partial charge in [-0.15, -0.1) is 0 Å².